The number of rotatable bonds is 4. The van der Waals surface area contributed by atoms with Crippen LogP contribution < -0.4 is 0 Å². The van der Waals surface area contributed by atoms with Crippen LogP contribution in [0.15, 0.2) is 12.2 Å². The fraction of sp³-hybridized carbons (Fsp3) is 0.864. The molecule has 4 heteroatoms. The highest BCUT2D eigenvalue weighted by molar-refractivity contribution is 5.74. The second-order valence-corrected chi connectivity index (χ2v) is 10.3. The summed E-state index contributed by atoms with van der Waals surface area (Å²) in [5.41, 5.74) is -0.404. The van der Waals surface area contributed by atoms with Crippen molar-refractivity contribution in [2.24, 2.45) is 29.1 Å². The number of cyclic esters (lactones) is 1. The van der Waals surface area contributed by atoms with Crippen molar-refractivity contribution in [3.05, 3.63) is 12.2 Å². The van der Waals surface area contributed by atoms with Crippen molar-refractivity contribution in [3.63, 3.8) is 0 Å². The lowest BCUT2D eigenvalue weighted by molar-refractivity contribution is -0.170. The molecule has 0 radical (unpaired) electrons. The number of aliphatic hydroxyl groups is 2. The molecule has 0 amide bonds. The van der Waals surface area contributed by atoms with Gasteiger partial charge in [0.15, 0.2) is 0 Å². The monoisotopic (exact) mass is 364 g/mol. The highest BCUT2D eigenvalue weighted by atomic mass is 16.5. The van der Waals surface area contributed by atoms with E-state index >= 15 is 0 Å². The average molecular weight is 365 g/mol. The molecule has 3 rings (SSSR count). The number of hydrogen-bond acceptors (Lipinski definition) is 4. The largest absolute Gasteiger partial charge is 0.465 e. The SMILES string of the molecule is C=C1C[C@H]2C[C@H]2[C@@](C)(O)CC[C@]2(C)C(CCCC(C)(C)O)C(=O)OC[C@@H]12. The number of carbonyl (C=O) groups excluding carboxylic acids is 1. The summed E-state index contributed by atoms with van der Waals surface area (Å²) >= 11 is 0. The molecule has 3 aliphatic rings. The predicted molar refractivity (Wildman–Crippen MR) is 101 cm³/mol. The normalized spacial score (nSPS) is 43.5. The van der Waals surface area contributed by atoms with Crippen LogP contribution in [0.25, 0.3) is 0 Å². The zero-order chi connectivity index (χ0) is 19.3. The topological polar surface area (TPSA) is 66.8 Å². The number of ether oxygens (including phenoxy) is 1. The first-order chi connectivity index (χ1) is 11.9. The number of hydrogen-bond donors (Lipinski definition) is 2. The van der Waals surface area contributed by atoms with Gasteiger partial charge in [-0.2, -0.15) is 0 Å². The minimum Gasteiger partial charge on any atom is -0.465 e. The molecule has 6 atom stereocenters. The Kier molecular flexibility index (Phi) is 5.07. The van der Waals surface area contributed by atoms with Crippen molar-refractivity contribution < 1.29 is 19.7 Å². The molecule has 2 aliphatic carbocycles. The van der Waals surface area contributed by atoms with Crippen LogP contribution in [0.3, 0.4) is 0 Å². The Bertz CT molecular complexity index is 573. The van der Waals surface area contributed by atoms with Crippen molar-refractivity contribution in [2.45, 2.75) is 83.8 Å². The summed E-state index contributed by atoms with van der Waals surface area (Å²) in [4.78, 5) is 12.7. The molecule has 1 saturated heterocycles. The molecule has 3 fully saturated rings. The molecule has 1 unspecified atom stereocenters. The van der Waals surface area contributed by atoms with Gasteiger partial charge >= 0.3 is 5.97 Å². The van der Waals surface area contributed by atoms with Crippen molar-refractivity contribution in [2.75, 3.05) is 6.61 Å². The van der Waals surface area contributed by atoms with E-state index in [1.807, 2.05) is 20.8 Å². The van der Waals surface area contributed by atoms with Crippen molar-refractivity contribution in [1.82, 2.24) is 0 Å². The third-order valence-electron chi connectivity index (χ3n) is 7.46. The Morgan fingerprint density at radius 1 is 1.31 bits per heavy atom. The maximum absolute atomic E-state index is 12.7. The lowest BCUT2D eigenvalue weighted by Crippen LogP contribution is -2.49. The molecular formula is C22H36O4. The van der Waals surface area contributed by atoms with E-state index in [1.165, 1.54) is 5.57 Å². The van der Waals surface area contributed by atoms with Gasteiger partial charge in [0.2, 0.25) is 0 Å². The van der Waals surface area contributed by atoms with E-state index in [1.54, 1.807) is 0 Å². The second-order valence-electron chi connectivity index (χ2n) is 10.3. The Labute approximate surface area is 158 Å². The van der Waals surface area contributed by atoms with Crippen LogP contribution in [0.1, 0.15) is 72.6 Å². The highest BCUT2D eigenvalue weighted by Crippen LogP contribution is 2.58. The first-order valence-electron chi connectivity index (χ1n) is 10.2. The summed E-state index contributed by atoms with van der Waals surface area (Å²) in [6.07, 6.45) is 5.75. The third kappa shape index (κ3) is 3.87. The summed E-state index contributed by atoms with van der Waals surface area (Å²) in [5, 5.41) is 21.0. The fourth-order valence-electron chi connectivity index (χ4n) is 5.51. The lowest BCUT2D eigenvalue weighted by atomic mass is 9.60. The van der Waals surface area contributed by atoms with Crippen molar-refractivity contribution >= 4 is 5.97 Å². The summed E-state index contributed by atoms with van der Waals surface area (Å²) in [5.74, 6) is 0.767. The third-order valence-corrected chi connectivity index (χ3v) is 7.46. The van der Waals surface area contributed by atoms with E-state index in [2.05, 4.69) is 13.5 Å². The molecule has 2 N–H and O–H groups in total. The molecule has 26 heavy (non-hydrogen) atoms. The quantitative estimate of drug-likeness (QED) is 0.587. The summed E-state index contributed by atoms with van der Waals surface area (Å²) in [7, 11) is 0. The zero-order valence-electron chi connectivity index (χ0n) is 16.9. The Morgan fingerprint density at radius 3 is 2.65 bits per heavy atom. The van der Waals surface area contributed by atoms with Crippen molar-refractivity contribution in [1.29, 1.82) is 0 Å². The predicted octanol–water partition coefficient (Wildman–Crippen LogP) is 3.85. The maximum atomic E-state index is 12.7. The van der Waals surface area contributed by atoms with Crippen LogP contribution in [0.2, 0.25) is 0 Å². The molecule has 1 aliphatic heterocycles. The molecule has 0 aromatic rings. The van der Waals surface area contributed by atoms with E-state index in [-0.39, 0.29) is 23.2 Å². The van der Waals surface area contributed by atoms with E-state index in [0.717, 1.165) is 38.5 Å². The number of esters is 1. The molecule has 0 aromatic heterocycles. The van der Waals surface area contributed by atoms with Gasteiger partial charge in [-0.15, -0.1) is 0 Å². The first-order valence-corrected chi connectivity index (χ1v) is 10.2. The van der Waals surface area contributed by atoms with E-state index < -0.39 is 11.2 Å². The summed E-state index contributed by atoms with van der Waals surface area (Å²) < 4.78 is 5.59. The van der Waals surface area contributed by atoms with Gasteiger partial charge in [0, 0.05) is 5.92 Å². The Hall–Kier alpha value is -0.870. The van der Waals surface area contributed by atoms with Crippen LogP contribution >= 0.6 is 0 Å². The molecular weight excluding hydrogens is 328 g/mol. The molecule has 0 bridgehead atoms. The minimum atomic E-state index is -0.716. The summed E-state index contributed by atoms with van der Waals surface area (Å²) in [6, 6.07) is 0. The average Bonchev–Trinajstić information content (AvgIpc) is 3.27. The summed E-state index contributed by atoms with van der Waals surface area (Å²) in [6.45, 7) is 12.6. The van der Waals surface area contributed by atoms with Gasteiger partial charge in [-0.3, -0.25) is 4.79 Å². The first kappa shape index (κ1) is 19.9. The molecule has 4 nitrogen and oxygen atoms in total. The van der Waals surface area contributed by atoms with Gasteiger partial charge in [0.1, 0.15) is 0 Å². The molecule has 2 saturated carbocycles. The van der Waals surface area contributed by atoms with E-state index in [0.29, 0.717) is 24.9 Å². The fourth-order valence-corrected chi connectivity index (χ4v) is 5.51. The second kappa shape index (κ2) is 6.63. The van der Waals surface area contributed by atoms with Gasteiger partial charge in [-0.05, 0) is 83.0 Å². The standard InChI is InChI=1S/C22H36O4/c1-14-11-15-12-17(15)22(5,25)10-9-21(4)16(7-6-8-20(2,3)24)19(23)26-13-18(14)21/h15-18,24-25H,1,6-13H2,2-5H3/t15-,16?,17+,18-,21+,22-/m0/s1. The van der Waals surface area contributed by atoms with E-state index in [4.69, 9.17) is 4.74 Å². The molecule has 148 valence electrons. The van der Waals surface area contributed by atoms with Crippen LogP contribution in [-0.4, -0.2) is 34.0 Å². The zero-order valence-corrected chi connectivity index (χ0v) is 16.9. The Morgan fingerprint density at radius 2 is 2.00 bits per heavy atom. The van der Waals surface area contributed by atoms with Crippen LogP contribution in [0.5, 0.6) is 0 Å². The van der Waals surface area contributed by atoms with Gasteiger partial charge < -0.3 is 14.9 Å². The molecule has 0 spiro atoms. The Balaban J connectivity index is 1.82. The van der Waals surface area contributed by atoms with Crippen LogP contribution in [0.4, 0.5) is 0 Å². The molecule has 0 aromatic carbocycles. The van der Waals surface area contributed by atoms with Crippen LogP contribution in [0, 0.1) is 29.1 Å². The van der Waals surface area contributed by atoms with Gasteiger partial charge in [0.05, 0.1) is 23.7 Å². The highest BCUT2D eigenvalue weighted by Gasteiger charge is 2.56. The minimum absolute atomic E-state index is 0.114. The molecule has 1 heterocycles. The van der Waals surface area contributed by atoms with Gasteiger partial charge in [0.25, 0.3) is 0 Å². The number of carbonyl (C=O) groups is 1. The van der Waals surface area contributed by atoms with Crippen molar-refractivity contribution in [3.8, 4) is 0 Å². The smallest absolute Gasteiger partial charge is 0.309 e. The van der Waals surface area contributed by atoms with E-state index in [9.17, 15) is 15.0 Å². The van der Waals surface area contributed by atoms with Crippen LogP contribution in [-0.2, 0) is 9.53 Å². The lowest BCUT2D eigenvalue weighted by Gasteiger charge is -2.48. The van der Waals surface area contributed by atoms with Gasteiger partial charge in [-0.25, -0.2) is 0 Å². The maximum Gasteiger partial charge on any atom is 0.309 e. The number of fused-ring (bicyclic) bond motifs is 2. The van der Waals surface area contributed by atoms with Gasteiger partial charge in [-0.1, -0.05) is 19.1 Å².